The molecule has 0 aliphatic heterocycles. The van der Waals surface area contributed by atoms with Crippen LogP contribution in [0.15, 0.2) is 0 Å². The lowest BCUT2D eigenvalue weighted by molar-refractivity contribution is -0.161. The fraction of sp³-hybridized carbons (Fsp3) is 0.943. The molecule has 0 heterocycles. The number of carbonyl (C=O) groups is 4. The van der Waals surface area contributed by atoms with Crippen LogP contribution in [0.25, 0.3) is 0 Å². The van der Waals surface area contributed by atoms with E-state index in [1.165, 1.54) is 173 Å². The summed E-state index contributed by atoms with van der Waals surface area (Å²) in [6.07, 6.45) is 47.0. The number of aliphatic hydroxyl groups excluding tert-OH is 1. The molecule has 3 N–H and O–H groups in total. The van der Waals surface area contributed by atoms with Gasteiger partial charge in [-0.3, -0.25) is 37.3 Å². The number of ether oxygens (including phenoxy) is 4. The minimum atomic E-state index is -4.95. The normalized spacial score (nSPS) is 14.4. The Bertz CT molecular complexity index is 1740. The third-order valence-electron chi connectivity index (χ3n) is 16.6. The molecule has 19 heteroatoms. The lowest BCUT2D eigenvalue weighted by atomic mass is 9.99. The summed E-state index contributed by atoms with van der Waals surface area (Å²) in [6, 6.07) is 0. The van der Waals surface area contributed by atoms with Crippen molar-refractivity contribution < 1.29 is 80.2 Å². The first-order valence-electron chi connectivity index (χ1n) is 36.5. The van der Waals surface area contributed by atoms with Gasteiger partial charge in [-0.25, -0.2) is 9.13 Å². The molecule has 0 saturated heterocycles. The van der Waals surface area contributed by atoms with Gasteiger partial charge in [0.2, 0.25) is 0 Å². The average Bonchev–Trinajstić information content (AvgIpc) is 3.59. The summed E-state index contributed by atoms with van der Waals surface area (Å²) in [7, 11) is -9.90. The van der Waals surface area contributed by atoms with Gasteiger partial charge in [-0.15, -0.1) is 0 Å². The first-order valence-corrected chi connectivity index (χ1v) is 39.5. The summed E-state index contributed by atoms with van der Waals surface area (Å²) in [5, 5.41) is 10.6. The van der Waals surface area contributed by atoms with Crippen LogP contribution in [0.2, 0.25) is 0 Å². The van der Waals surface area contributed by atoms with Gasteiger partial charge in [-0.05, 0) is 37.5 Å². The average molecular weight is 1310 g/mol. The molecule has 0 rings (SSSR count). The topological polar surface area (TPSA) is 237 Å². The number of rotatable bonds is 69. The zero-order valence-electron chi connectivity index (χ0n) is 57.7. The zero-order chi connectivity index (χ0) is 65.7. The highest BCUT2D eigenvalue weighted by Gasteiger charge is 2.30. The predicted octanol–water partition coefficient (Wildman–Crippen LogP) is 20.0. The molecule has 0 aromatic heterocycles. The molecule has 0 aromatic rings. The summed E-state index contributed by atoms with van der Waals surface area (Å²) >= 11 is 0. The fourth-order valence-electron chi connectivity index (χ4n) is 10.6. The van der Waals surface area contributed by atoms with Crippen LogP contribution in [-0.4, -0.2) is 96.7 Å². The SMILES string of the molecule is CCCCCCCCCCCCCCCCC(=O)O[C@H](COC(=O)CCCCCCCCCCCCC(C)C)COP(=O)(O)OC[C@@H](O)COP(=O)(O)OC[C@@H](COC(=O)CCCCCCCCCCCC)OC(=O)CCCCCCCCCCC(C)CC. The molecule has 0 bridgehead atoms. The molecule has 0 aliphatic rings. The summed E-state index contributed by atoms with van der Waals surface area (Å²) < 4.78 is 68.3. The molecule has 0 saturated carbocycles. The molecule has 0 aromatic carbocycles. The van der Waals surface area contributed by atoms with Crippen LogP contribution >= 0.6 is 15.6 Å². The van der Waals surface area contributed by atoms with Crippen molar-refractivity contribution in [3.05, 3.63) is 0 Å². The monoisotopic (exact) mass is 1310 g/mol. The molecule has 0 spiro atoms. The minimum Gasteiger partial charge on any atom is -0.462 e. The lowest BCUT2D eigenvalue weighted by Gasteiger charge is -2.21. The third kappa shape index (κ3) is 63.2. The van der Waals surface area contributed by atoms with Gasteiger partial charge in [-0.2, -0.15) is 0 Å². The standard InChI is InChI=1S/C70H136O17P2/c1-7-10-12-14-16-18-20-21-22-23-29-36-42-48-54-69(74)86-65(58-81-68(73)53-47-41-35-28-25-24-26-32-38-44-50-62(4)5)60-84-88(76,77)82-56-64(71)57-83-89(78,79)85-61-66(59-80-67(72)52-46-40-34-27-19-17-15-13-11-8-2)87-70(75)55-49-43-37-31-30-33-39-45-51-63(6)9-3/h62-66,71H,7-61H2,1-6H3,(H,76,77)(H,78,79)/t63?,64-,65-,66-/m1/s1. The predicted molar refractivity (Wildman–Crippen MR) is 358 cm³/mol. The van der Waals surface area contributed by atoms with Gasteiger partial charge in [0, 0.05) is 25.7 Å². The molecule has 0 aliphatic carbocycles. The summed E-state index contributed by atoms with van der Waals surface area (Å²) in [4.78, 5) is 72.5. The van der Waals surface area contributed by atoms with E-state index >= 15 is 0 Å². The van der Waals surface area contributed by atoms with Crippen molar-refractivity contribution in [2.45, 2.75) is 374 Å². The highest BCUT2D eigenvalue weighted by Crippen LogP contribution is 2.45. The Morgan fingerprint density at radius 1 is 0.326 bits per heavy atom. The Morgan fingerprint density at radius 2 is 0.573 bits per heavy atom. The summed E-state index contributed by atoms with van der Waals surface area (Å²) in [5.74, 6) is -0.596. The van der Waals surface area contributed by atoms with Crippen molar-refractivity contribution in [1.29, 1.82) is 0 Å². The van der Waals surface area contributed by atoms with E-state index in [4.69, 9.17) is 37.0 Å². The molecule has 17 nitrogen and oxygen atoms in total. The summed E-state index contributed by atoms with van der Waals surface area (Å²) in [6.45, 7) is 9.54. The second kappa shape index (κ2) is 62.2. The summed E-state index contributed by atoms with van der Waals surface area (Å²) in [5.41, 5.74) is 0. The van der Waals surface area contributed by atoms with Crippen LogP contribution < -0.4 is 0 Å². The maximum Gasteiger partial charge on any atom is 0.472 e. The maximum atomic E-state index is 13.0. The molecule has 6 atom stereocenters. The van der Waals surface area contributed by atoms with E-state index in [2.05, 4.69) is 41.5 Å². The largest absolute Gasteiger partial charge is 0.472 e. The Labute approximate surface area is 543 Å². The van der Waals surface area contributed by atoms with Crippen molar-refractivity contribution in [3.63, 3.8) is 0 Å². The van der Waals surface area contributed by atoms with Gasteiger partial charge >= 0.3 is 39.5 Å². The van der Waals surface area contributed by atoms with E-state index < -0.39 is 97.5 Å². The van der Waals surface area contributed by atoms with Crippen molar-refractivity contribution in [1.82, 2.24) is 0 Å². The first-order chi connectivity index (χ1) is 42.9. The zero-order valence-corrected chi connectivity index (χ0v) is 59.5. The van der Waals surface area contributed by atoms with E-state index in [9.17, 15) is 43.2 Å². The van der Waals surface area contributed by atoms with E-state index in [1.54, 1.807) is 0 Å². The fourth-order valence-corrected chi connectivity index (χ4v) is 12.1. The van der Waals surface area contributed by atoms with Gasteiger partial charge < -0.3 is 33.8 Å². The number of phosphoric acid groups is 2. The van der Waals surface area contributed by atoms with Crippen molar-refractivity contribution in [2.24, 2.45) is 11.8 Å². The first kappa shape index (κ1) is 87.1. The van der Waals surface area contributed by atoms with Gasteiger partial charge in [0.1, 0.15) is 19.3 Å². The van der Waals surface area contributed by atoms with Crippen molar-refractivity contribution in [3.8, 4) is 0 Å². The smallest absolute Gasteiger partial charge is 0.462 e. The molecular formula is C70H136O17P2. The van der Waals surface area contributed by atoms with E-state index in [0.29, 0.717) is 25.7 Å². The second-order valence-corrected chi connectivity index (χ2v) is 28.9. The third-order valence-corrected chi connectivity index (χ3v) is 18.5. The van der Waals surface area contributed by atoms with Crippen LogP contribution in [-0.2, 0) is 65.4 Å². The van der Waals surface area contributed by atoms with Crippen LogP contribution in [0, 0.1) is 11.8 Å². The van der Waals surface area contributed by atoms with Crippen LogP contribution in [0.3, 0.4) is 0 Å². The van der Waals surface area contributed by atoms with Gasteiger partial charge in [-0.1, -0.05) is 305 Å². The number of unbranched alkanes of at least 4 members (excludes halogenated alkanes) is 38. The number of aliphatic hydroxyl groups is 1. The van der Waals surface area contributed by atoms with Gasteiger partial charge in [0.05, 0.1) is 26.4 Å². The minimum absolute atomic E-state index is 0.105. The lowest BCUT2D eigenvalue weighted by Crippen LogP contribution is -2.30. The number of hydrogen-bond acceptors (Lipinski definition) is 15. The number of esters is 4. The maximum absolute atomic E-state index is 13.0. The second-order valence-electron chi connectivity index (χ2n) is 26.0. The van der Waals surface area contributed by atoms with E-state index in [1.807, 2.05) is 0 Å². The molecular weight excluding hydrogens is 1170 g/mol. The van der Waals surface area contributed by atoms with Gasteiger partial charge in [0.25, 0.3) is 0 Å². The molecule has 0 fully saturated rings. The number of hydrogen-bond donors (Lipinski definition) is 3. The van der Waals surface area contributed by atoms with E-state index in [-0.39, 0.29) is 25.7 Å². The van der Waals surface area contributed by atoms with Crippen molar-refractivity contribution in [2.75, 3.05) is 39.6 Å². The van der Waals surface area contributed by atoms with Crippen molar-refractivity contribution >= 4 is 39.5 Å². The Balaban J connectivity index is 5.26. The van der Waals surface area contributed by atoms with Crippen LogP contribution in [0.5, 0.6) is 0 Å². The Kier molecular flexibility index (Phi) is 60.8. The molecule has 528 valence electrons. The number of carbonyl (C=O) groups excluding carboxylic acids is 4. The quantitative estimate of drug-likeness (QED) is 0.0222. The highest BCUT2D eigenvalue weighted by molar-refractivity contribution is 7.47. The highest BCUT2D eigenvalue weighted by atomic mass is 31.2. The van der Waals surface area contributed by atoms with Gasteiger partial charge in [0.15, 0.2) is 12.2 Å². The molecule has 3 unspecified atom stereocenters. The van der Waals surface area contributed by atoms with E-state index in [0.717, 1.165) is 102 Å². The molecule has 0 amide bonds. The molecule has 0 radical (unpaired) electrons. The van der Waals surface area contributed by atoms with Crippen LogP contribution in [0.1, 0.15) is 356 Å². The van der Waals surface area contributed by atoms with Crippen LogP contribution in [0.4, 0.5) is 0 Å². The Hall–Kier alpha value is -1.94. The molecule has 89 heavy (non-hydrogen) atoms. The Morgan fingerprint density at radius 3 is 0.854 bits per heavy atom. The number of phosphoric ester groups is 2.